The maximum absolute atomic E-state index is 9.06. The molecule has 0 aliphatic rings. The number of rotatable bonds is 4. The van der Waals surface area contributed by atoms with E-state index >= 15 is 0 Å². The van der Waals surface area contributed by atoms with Gasteiger partial charge in [-0.2, -0.15) is 5.26 Å². The van der Waals surface area contributed by atoms with Crippen LogP contribution in [0.25, 0.3) is 0 Å². The summed E-state index contributed by atoms with van der Waals surface area (Å²) in [5, 5.41) is 9.06. The van der Waals surface area contributed by atoms with E-state index in [1.54, 1.807) is 19.2 Å². The Morgan fingerprint density at radius 2 is 2.18 bits per heavy atom. The molecule has 1 aromatic carbocycles. The fourth-order valence-corrected chi connectivity index (χ4v) is 1.53. The van der Waals surface area contributed by atoms with Crippen LogP contribution in [0, 0.1) is 11.3 Å². The first-order valence-electron chi connectivity index (χ1n) is 5.26. The second-order valence-corrected chi connectivity index (χ2v) is 4.10. The van der Waals surface area contributed by atoms with E-state index in [-0.39, 0.29) is 6.10 Å². The number of benzene rings is 1. The largest absolute Gasteiger partial charge is 0.490 e. The highest BCUT2D eigenvalue weighted by molar-refractivity contribution is 7.80. The van der Waals surface area contributed by atoms with Crippen LogP contribution < -0.4 is 15.6 Å². The zero-order chi connectivity index (χ0) is 12.8. The van der Waals surface area contributed by atoms with E-state index in [4.69, 9.17) is 22.2 Å². The second kappa shape index (κ2) is 6.18. The molecule has 0 atom stereocenters. The summed E-state index contributed by atoms with van der Waals surface area (Å²) in [5.74, 6) is 0.582. The smallest absolute Gasteiger partial charge is 0.137 e. The SMILES string of the molecule is CNNC(=S)c1ccc(OC(C)C)c(C#N)c1. The molecule has 1 aromatic rings. The molecular formula is C12H15N3OS. The molecule has 0 bridgehead atoms. The number of ether oxygens (including phenoxy) is 1. The van der Waals surface area contributed by atoms with Crippen molar-refractivity contribution in [2.24, 2.45) is 0 Å². The summed E-state index contributed by atoms with van der Waals surface area (Å²) in [6, 6.07) is 7.40. The number of nitrogens with one attached hydrogen (secondary N) is 2. The van der Waals surface area contributed by atoms with Crippen LogP contribution in [0.3, 0.4) is 0 Å². The Labute approximate surface area is 107 Å². The molecule has 0 amide bonds. The van der Waals surface area contributed by atoms with Gasteiger partial charge in [0.15, 0.2) is 0 Å². The molecule has 0 saturated carbocycles. The normalized spacial score (nSPS) is 9.82. The van der Waals surface area contributed by atoms with Gasteiger partial charge in [-0.05, 0) is 32.0 Å². The average molecular weight is 249 g/mol. The van der Waals surface area contributed by atoms with E-state index < -0.39 is 0 Å². The molecule has 1 rings (SSSR count). The molecule has 0 radical (unpaired) electrons. The van der Waals surface area contributed by atoms with Crippen molar-refractivity contribution in [2.75, 3.05) is 7.05 Å². The van der Waals surface area contributed by atoms with Crippen LogP contribution in [0.4, 0.5) is 0 Å². The molecule has 0 spiro atoms. The van der Waals surface area contributed by atoms with E-state index in [0.717, 1.165) is 5.56 Å². The van der Waals surface area contributed by atoms with Crippen LogP contribution in [0.5, 0.6) is 5.75 Å². The minimum absolute atomic E-state index is 0.0373. The standard InChI is InChI=1S/C12H15N3OS/c1-8(2)16-11-5-4-9(6-10(11)7-13)12(17)15-14-3/h4-6,8,14H,1-3H3,(H,15,17). The summed E-state index contributed by atoms with van der Waals surface area (Å²) in [6.45, 7) is 3.84. The molecule has 17 heavy (non-hydrogen) atoms. The van der Waals surface area contributed by atoms with Crippen LogP contribution in [0.15, 0.2) is 18.2 Å². The van der Waals surface area contributed by atoms with Crippen molar-refractivity contribution in [2.45, 2.75) is 20.0 Å². The van der Waals surface area contributed by atoms with E-state index in [9.17, 15) is 0 Å². The Kier molecular flexibility index (Phi) is 4.88. The molecule has 0 heterocycles. The molecule has 5 heteroatoms. The van der Waals surface area contributed by atoms with Gasteiger partial charge < -0.3 is 10.2 Å². The Balaban J connectivity index is 3.01. The maximum atomic E-state index is 9.06. The Bertz CT molecular complexity index is 452. The van der Waals surface area contributed by atoms with Gasteiger partial charge in [-0.15, -0.1) is 0 Å². The first-order chi connectivity index (χ1) is 8.08. The lowest BCUT2D eigenvalue weighted by Crippen LogP contribution is -2.33. The molecule has 0 aliphatic heterocycles. The van der Waals surface area contributed by atoms with Gasteiger partial charge in [0.1, 0.15) is 16.8 Å². The number of thiocarbonyl (C=S) groups is 1. The monoisotopic (exact) mass is 249 g/mol. The lowest BCUT2D eigenvalue weighted by molar-refractivity contribution is 0.241. The first kappa shape index (κ1) is 13.4. The van der Waals surface area contributed by atoms with Crippen LogP contribution in [0.1, 0.15) is 25.0 Å². The highest BCUT2D eigenvalue weighted by atomic mass is 32.1. The van der Waals surface area contributed by atoms with E-state index in [0.29, 0.717) is 16.3 Å². The number of hydrogen-bond donors (Lipinski definition) is 2. The number of hydrazine groups is 1. The van der Waals surface area contributed by atoms with Crippen molar-refractivity contribution in [1.29, 1.82) is 5.26 Å². The number of nitriles is 1. The van der Waals surface area contributed by atoms with E-state index in [2.05, 4.69) is 16.9 Å². The highest BCUT2D eigenvalue weighted by Gasteiger charge is 2.08. The van der Waals surface area contributed by atoms with Gasteiger partial charge in [0.25, 0.3) is 0 Å². The summed E-state index contributed by atoms with van der Waals surface area (Å²) in [5.41, 5.74) is 6.81. The summed E-state index contributed by atoms with van der Waals surface area (Å²) in [4.78, 5) is 0.542. The van der Waals surface area contributed by atoms with Gasteiger partial charge in [0.2, 0.25) is 0 Å². The third kappa shape index (κ3) is 3.70. The highest BCUT2D eigenvalue weighted by Crippen LogP contribution is 2.20. The van der Waals surface area contributed by atoms with Crippen molar-refractivity contribution >= 4 is 17.2 Å². The third-order valence-electron chi connectivity index (χ3n) is 1.96. The van der Waals surface area contributed by atoms with Crippen molar-refractivity contribution < 1.29 is 4.74 Å². The fraction of sp³-hybridized carbons (Fsp3) is 0.333. The van der Waals surface area contributed by atoms with Crippen molar-refractivity contribution in [1.82, 2.24) is 10.9 Å². The van der Waals surface area contributed by atoms with Gasteiger partial charge in [0.05, 0.1) is 11.7 Å². The van der Waals surface area contributed by atoms with Gasteiger partial charge in [-0.3, -0.25) is 0 Å². The fourth-order valence-electron chi connectivity index (χ4n) is 1.30. The molecule has 0 aromatic heterocycles. The third-order valence-corrected chi connectivity index (χ3v) is 2.30. The summed E-state index contributed by atoms with van der Waals surface area (Å²) in [7, 11) is 1.73. The van der Waals surface area contributed by atoms with Crippen LogP contribution in [0.2, 0.25) is 0 Å². The zero-order valence-electron chi connectivity index (χ0n) is 10.1. The lowest BCUT2D eigenvalue weighted by Gasteiger charge is -2.12. The quantitative estimate of drug-likeness (QED) is 0.629. The van der Waals surface area contributed by atoms with Crippen LogP contribution in [-0.4, -0.2) is 18.1 Å². The Morgan fingerprint density at radius 1 is 1.47 bits per heavy atom. The minimum atomic E-state index is 0.0373. The van der Waals surface area contributed by atoms with E-state index in [1.807, 2.05) is 19.9 Å². The summed E-state index contributed by atoms with van der Waals surface area (Å²) in [6.07, 6.45) is 0.0373. The van der Waals surface area contributed by atoms with Gasteiger partial charge >= 0.3 is 0 Å². The molecular weight excluding hydrogens is 234 g/mol. The molecule has 0 fully saturated rings. The predicted molar refractivity (Wildman–Crippen MR) is 70.8 cm³/mol. The average Bonchev–Trinajstić information content (AvgIpc) is 2.29. The molecule has 90 valence electrons. The molecule has 0 saturated heterocycles. The Morgan fingerprint density at radius 3 is 2.71 bits per heavy atom. The lowest BCUT2D eigenvalue weighted by atomic mass is 10.1. The van der Waals surface area contributed by atoms with Crippen molar-refractivity contribution in [3.8, 4) is 11.8 Å². The molecule has 2 N–H and O–H groups in total. The first-order valence-corrected chi connectivity index (χ1v) is 5.67. The minimum Gasteiger partial charge on any atom is -0.490 e. The van der Waals surface area contributed by atoms with Gasteiger partial charge in [-0.1, -0.05) is 12.2 Å². The van der Waals surface area contributed by atoms with Crippen LogP contribution >= 0.6 is 12.2 Å². The number of hydrogen-bond acceptors (Lipinski definition) is 4. The van der Waals surface area contributed by atoms with Crippen molar-refractivity contribution in [3.63, 3.8) is 0 Å². The number of nitrogens with zero attached hydrogens (tertiary/aromatic N) is 1. The van der Waals surface area contributed by atoms with Crippen LogP contribution in [-0.2, 0) is 0 Å². The summed E-state index contributed by atoms with van der Waals surface area (Å²) >= 11 is 5.13. The maximum Gasteiger partial charge on any atom is 0.137 e. The van der Waals surface area contributed by atoms with E-state index in [1.165, 1.54) is 0 Å². The van der Waals surface area contributed by atoms with Gasteiger partial charge in [0, 0.05) is 12.6 Å². The Hall–Kier alpha value is -1.64. The predicted octanol–water partition coefficient (Wildman–Crippen LogP) is 1.74. The molecule has 0 unspecified atom stereocenters. The van der Waals surface area contributed by atoms with Crippen molar-refractivity contribution in [3.05, 3.63) is 29.3 Å². The molecule has 0 aliphatic carbocycles. The summed E-state index contributed by atoms with van der Waals surface area (Å²) < 4.78 is 5.53. The molecule has 4 nitrogen and oxygen atoms in total. The van der Waals surface area contributed by atoms with Gasteiger partial charge in [-0.25, -0.2) is 5.43 Å². The second-order valence-electron chi connectivity index (χ2n) is 3.69. The topological polar surface area (TPSA) is 57.1 Å². The zero-order valence-corrected chi connectivity index (χ0v) is 10.9.